The summed E-state index contributed by atoms with van der Waals surface area (Å²) >= 11 is 0. The number of aromatic amines is 2. The van der Waals surface area contributed by atoms with Gasteiger partial charge in [-0.3, -0.25) is 0 Å². The Morgan fingerprint density at radius 3 is 2.44 bits per heavy atom. The Labute approximate surface area is 186 Å². The number of H-pyrrole nitrogens is 2. The summed E-state index contributed by atoms with van der Waals surface area (Å²) in [6.07, 6.45) is 1.87. The van der Waals surface area contributed by atoms with Crippen molar-refractivity contribution in [2.45, 2.75) is 33.3 Å². The van der Waals surface area contributed by atoms with E-state index in [9.17, 15) is 0 Å². The topological polar surface area (TPSA) is 66.6 Å². The first kappa shape index (κ1) is 18.9. The molecule has 32 heavy (non-hydrogen) atoms. The largest absolute Gasteiger partial charge is 0.486 e. The molecule has 2 N–H and O–H groups in total. The SMILES string of the molecule is Cc1ncc(-c2ccc(-c3ccc4c5c(ccc4c3)-c3nc(C(C)C)[nH]c3CO5)cc2)[nH]1. The van der Waals surface area contributed by atoms with Crippen molar-refractivity contribution in [3.8, 4) is 39.4 Å². The second kappa shape index (κ2) is 7.09. The van der Waals surface area contributed by atoms with E-state index in [-0.39, 0.29) is 0 Å². The van der Waals surface area contributed by atoms with Crippen molar-refractivity contribution >= 4 is 10.8 Å². The molecule has 1 aliphatic rings. The van der Waals surface area contributed by atoms with Gasteiger partial charge in [0.2, 0.25) is 0 Å². The number of nitrogens with zero attached hydrogens (tertiary/aromatic N) is 2. The minimum atomic E-state index is 0.357. The lowest BCUT2D eigenvalue weighted by Crippen LogP contribution is -2.05. The summed E-state index contributed by atoms with van der Waals surface area (Å²) < 4.78 is 6.19. The number of benzene rings is 3. The number of imidazole rings is 2. The molecule has 3 aromatic carbocycles. The monoisotopic (exact) mass is 420 g/mol. The van der Waals surface area contributed by atoms with Gasteiger partial charge in [-0.1, -0.05) is 56.3 Å². The Morgan fingerprint density at radius 2 is 1.69 bits per heavy atom. The predicted molar refractivity (Wildman–Crippen MR) is 128 cm³/mol. The molecule has 0 amide bonds. The molecule has 0 aliphatic carbocycles. The highest BCUT2D eigenvalue weighted by Gasteiger charge is 2.24. The predicted octanol–water partition coefficient (Wildman–Crippen LogP) is 6.61. The number of hydrogen-bond donors (Lipinski definition) is 2. The second-order valence-electron chi connectivity index (χ2n) is 8.73. The molecule has 5 aromatic rings. The molecule has 0 saturated carbocycles. The molecular formula is C27H24N4O. The zero-order valence-electron chi connectivity index (χ0n) is 18.4. The number of aromatic nitrogens is 4. The summed E-state index contributed by atoms with van der Waals surface area (Å²) in [5.41, 5.74) is 7.68. The zero-order chi connectivity index (χ0) is 21.8. The Balaban J connectivity index is 1.38. The molecule has 5 nitrogen and oxygen atoms in total. The second-order valence-corrected chi connectivity index (χ2v) is 8.73. The number of ether oxygens (including phenoxy) is 1. The minimum Gasteiger partial charge on any atom is -0.486 e. The molecule has 0 fully saturated rings. The lowest BCUT2D eigenvalue weighted by molar-refractivity contribution is 0.301. The fourth-order valence-electron chi connectivity index (χ4n) is 4.41. The molecule has 0 bridgehead atoms. The zero-order valence-corrected chi connectivity index (χ0v) is 18.4. The van der Waals surface area contributed by atoms with Crippen LogP contribution in [0, 0.1) is 6.92 Å². The summed E-state index contributed by atoms with van der Waals surface area (Å²) in [5, 5.41) is 2.29. The standard InChI is InChI=1S/C27H24N4O/c1-15(2)27-30-24-14-32-26-21-10-8-19(12-20(21)9-11-22(26)25(24)31-27)17-4-6-18(7-5-17)23-13-28-16(3)29-23/h4-13,15H,14H2,1-3H3,(H,28,29)(H,30,31). The number of hydrogen-bond acceptors (Lipinski definition) is 3. The molecular weight excluding hydrogens is 396 g/mol. The van der Waals surface area contributed by atoms with Crippen molar-refractivity contribution in [1.82, 2.24) is 19.9 Å². The van der Waals surface area contributed by atoms with Crippen LogP contribution in [0.4, 0.5) is 0 Å². The first-order valence-electron chi connectivity index (χ1n) is 11.0. The van der Waals surface area contributed by atoms with Gasteiger partial charge in [0.05, 0.1) is 23.3 Å². The van der Waals surface area contributed by atoms with Crippen molar-refractivity contribution in [2.75, 3.05) is 0 Å². The average molecular weight is 421 g/mol. The van der Waals surface area contributed by atoms with Crippen LogP contribution in [0.2, 0.25) is 0 Å². The number of aryl methyl sites for hydroxylation is 1. The van der Waals surface area contributed by atoms with E-state index in [0.717, 1.165) is 56.4 Å². The van der Waals surface area contributed by atoms with Gasteiger partial charge in [0.15, 0.2) is 0 Å². The third kappa shape index (κ3) is 3.01. The van der Waals surface area contributed by atoms with E-state index < -0.39 is 0 Å². The Hall–Kier alpha value is -3.86. The van der Waals surface area contributed by atoms with Crippen LogP contribution in [0.3, 0.4) is 0 Å². The van der Waals surface area contributed by atoms with Gasteiger partial charge in [0, 0.05) is 16.9 Å². The van der Waals surface area contributed by atoms with Gasteiger partial charge in [-0.25, -0.2) is 9.97 Å². The highest BCUT2D eigenvalue weighted by molar-refractivity contribution is 5.97. The van der Waals surface area contributed by atoms with Crippen molar-refractivity contribution < 1.29 is 4.74 Å². The summed E-state index contributed by atoms with van der Waals surface area (Å²) in [7, 11) is 0. The van der Waals surface area contributed by atoms with Crippen molar-refractivity contribution in [3.05, 3.63) is 78.1 Å². The van der Waals surface area contributed by atoms with Crippen LogP contribution in [0.25, 0.3) is 44.4 Å². The van der Waals surface area contributed by atoms with Crippen LogP contribution in [0.5, 0.6) is 5.75 Å². The smallest absolute Gasteiger partial charge is 0.137 e. The van der Waals surface area contributed by atoms with Gasteiger partial charge in [-0.05, 0) is 41.1 Å². The van der Waals surface area contributed by atoms with Gasteiger partial charge >= 0.3 is 0 Å². The minimum absolute atomic E-state index is 0.357. The van der Waals surface area contributed by atoms with Crippen LogP contribution >= 0.6 is 0 Å². The summed E-state index contributed by atoms with van der Waals surface area (Å²) in [6.45, 7) is 6.79. The maximum Gasteiger partial charge on any atom is 0.137 e. The first-order valence-corrected chi connectivity index (χ1v) is 11.0. The summed E-state index contributed by atoms with van der Waals surface area (Å²) in [4.78, 5) is 15.9. The van der Waals surface area contributed by atoms with Crippen molar-refractivity contribution in [2.24, 2.45) is 0 Å². The molecule has 0 spiro atoms. The molecule has 6 rings (SSSR count). The van der Waals surface area contributed by atoms with E-state index in [2.05, 4.69) is 83.4 Å². The molecule has 0 unspecified atom stereocenters. The third-order valence-corrected chi connectivity index (χ3v) is 6.16. The molecule has 158 valence electrons. The molecule has 0 saturated heterocycles. The van der Waals surface area contributed by atoms with Gasteiger partial charge in [0.1, 0.15) is 24.0 Å². The van der Waals surface area contributed by atoms with E-state index in [1.807, 2.05) is 13.1 Å². The number of fused-ring (bicyclic) bond motifs is 5. The number of nitrogens with one attached hydrogen (secondary N) is 2. The van der Waals surface area contributed by atoms with E-state index in [1.165, 1.54) is 11.1 Å². The Bertz CT molecular complexity index is 1460. The van der Waals surface area contributed by atoms with Crippen LogP contribution < -0.4 is 4.74 Å². The quantitative estimate of drug-likeness (QED) is 0.345. The van der Waals surface area contributed by atoms with Crippen LogP contribution in [0.15, 0.2) is 60.8 Å². The van der Waals surface area contributed by atoms with Gasteiger partial charge in [-0.15, -0.1) is 0 Å². The lowest BCUT2D eigenvalue weighted by atomic mass is 9.96. The summed E-state index contributed by atoms with van der Waals surface area (Å²) in [5.74, 6) is 3.21. The fourth-order valence-corrected chi connectivity index (χ4v) is 4.41. The highest BCUT2D eigenvalue weighted by atomic mass is 16.5. The molecule has 5 heteroatoms. The van der Waals surface area contributed by atoms with E-state index in [0.29, 0.717) is 12.5 Å². The van der Waals surface area contributed by atoms with Crippen LogP contribution in [-0.2, 0) is 6.61 Å². The molecule has 1 aliphatic heterocycles. The highest BCUT2D eigenvalue weighted by Crippen LogP contribution is 2.42. The molecule has 0 atom stereocenters. The summed E-state index contributed by atoms with van der Waals surface area (Å²) in [6, 6.07) is 19.4. The molecule has 3 heterocycles. The van der Waals surface area contributed by atoms with E-state index >= 15 is 0 Å². The van der Waals surface area contributed by atoms with E-state index in [4.69, 9.17) is 9.72 Å². The van der Waals surface area contributed by atoms with Crippen molar-refractivity contribution in [3.63, 3.8) is 0 Å². The lowest BCUT2D eigenvalue weighted by Gasteiger charge is -2.19. The molecule has 2 aromatic heterocycles. The maximum atomic E-state index is 6.19. The average Bonchev–Trinajstić information content (AvgIpc) is 3.45. The van der Waals surface area contributed by atoms with Gasteiger partial charge in [-0.2, -0.15) is 0 Å². The van der Waals surface area contributed by atoms with Crippen LogP contribution in [-0.4, -0.2) is 19.9 Å². The molecule has 0 radical (unpaired) electrons. The van der Waals surface area contributed by atoms with Gasteiger partial charge in [0.25, 0.3) is 0 Å². The van der Waals surface area contributed by atoms with E-state index in [1.54, 1.807) is 0 Å². The van der Waals surface area contributed by atoms with Gasteiger partial charge < -0.3 is 14.7 Å². The third-order valence-electron chi connectivity index (χ3n) is 6.16. The maximum absolute atomic E-state index is 6.19. The van der Waals surface area contributed by atoms with Crippen molar-refractivity contribution in [1.29, 1.82) is 0 Å². The van der Waals surface area contributed by atoms with Crippen LogP contribution in [0.1, 0.15) is 37.1 Å². The Kier molecular flexibility index (Phi) is 4.18. The Morgan fingerprint density at radius 1 is 0.906 bits per heavy atom. The number of rotatable bonds is 3. The normalized spacial score (nSPS) is 12.6. The first-order chi connectivity index (χ1) is 15.6. The fraction of sp³-hybridized carbons (Fsp3) is 0.185.